The molecule has 0 aromatic heterocycles. The van der Waals surface area contributed by atoms with Gasteiger partial charge in [0.05, 0.1) is 24.8 Å². The molecule has 0 bridgehead atoms. The SMILES string of the molecule is CCOC(=O)C1=C(C)N(Cc2ccc(C(=O)N3CCN(C(c4ccccc4)c4ccccc4)CC3)cc2)C(=O)CC1c1cccc(C)c1. The van der Waals surface area contributed by atoms with E-state index < -0.39 is 0 Å². The predicted molar refractivity (Wildman–Crippen MR) is 187 cm³/mol. The minimum absolute atomic E-state index is 0.00731. The number of hydrogen-bond acceptors (Lipinski definition) is 5. The average Bonchev–Trinajstić information content (AvgIpc) is 3.11. The highest BCUT2D eigenvalue weighted by Gasteiger charge is 2.37. The molecule has 7 heteroatoms. The van der Waals surface area contributed by atoms with Gasteiger partial charge in [-0.1, -0.05) is 103 Å². The molecule has 2 amide bonds. The number of benzene rings is 4. The second-order valence-corrected chi connectivity index (χ2v) is 12.6. The number of esters is 1. The molecule has 4 aromatic carbocycles. The molecule has 1 unspecified atom stereocenters. The van der Waals surface area contributed by atoms with Crippen molar-refractivity contribution in [2.24, 2.45) is 0 Å². The number of hydrogen-bond donors (Lipinski definition) is 0. The molecule has 0 saturated carbocycles. The van der Waals surface area contributed by atoms with E-state index in [-0.39, 0.29) is 42.8 Å². The lowest BCUT2D eigenvalue weighted by Crippen LogP contribution is -2.49. The third-order valence-electron chi connectivity index (χ3n) is 9.50. The van der Waals surface area contributed by atoms with E-state index in [2.05, 4.69) is 53.4 Å². The second-order valence-electron chi connectivity index (χ2n) is 12.6. The van der Waals surface area contributed by atoms with E-state index >= 15 is 0 Å². The van der Waals surface area contributed by atoms with Gasteiger partial charge in [0.25, 0.3) is 5.91 Å². The van der Waals surface area contributed by atoms with Crippen molar-refractivity contribution in [3.8, 4) is 0 Å². The fraction of sp³-hybridized carbons (Fsp3) is 0.293. The predicted octanol–water partition coefficient (Wildman–Crippen LogP) is 6.90. The van der Waals surface area contributed by atoms with Gasteiger partial charge >= 0.3 is 5.97 Å². The summed E-state index contributed by atoms with van der Waals surface area (Å²) in [6.45, 7) is 9.00. The summed E-state index contributed by atoms with van der Waals surface area (Å²) in [6.07, 6.45) is 0.187. The smallest absolute Gasteiger partial charge is 0.336 e. The monoisotopic (exact) mass is 641 g/mol. The van der Waals surface area contributed by atoms with Gasteiger partial charge in [-0.25, -0.2) is 4.79 Å². The first-order chi connectivity index (χ1) is 23.3. The molecule has 0 radical (unpaired) electrons. The molecular weight excluding hydrogens is 598 g/mol. The largest absolute Gasteiger partial charge is 0.463 e. The Morgan fingerprint density at radius 3 is 2.00 bits per heavy atom. The van der Waals surface area contributed by atoms with Crippen molar-refractivity contribution in [3.05, 3.63) is 154 Å². The van der Waals surface area contributed by atoms with E-state index in [9.17, 15) is 14.4 Å². The Morgan fingerprint density at radius 2 is 1.42 bits per heavy atom. The molecule has 7 nitrogen and oxygen atoms in total. The van der Waals surface area contributed by atoms with Gasteiger partial charge in [-0.2, -0.15) is 0 Å². The van der Waals surface area contributed by atoms with Crippen molar-refractivity contribution >= 4 is 17.8 Å². The number of ether oxygens (including phenoxy) is 1. The van der Waals surface area contributed by atoms with Crippen LogP contribution in [0.15, 0.2) is 120 Å². The minimum atomic E-state index is -0.390. The van der Waals surface area contributed by atoms with Crippen LogP contribution in [0.5, 0.6) is 0 Å². The summed E-state index contributed by atoms with van der Waals surface area (Å²) in [5.74, 6) is -0.787. The van der Waals surface area contributed by atoms with Gasteiger partial charge in [-0.3, -0.25) is 14.5 Å². The normalized spacial score (nSPS) is 17.2. The van der Waals surface area contributed by atoms with Crippen LogP contribution in [0.3, 0.4) is 0 Å². The summed E-state index contributed by atoms with van der Waals surface area (Å²) in [5, 5.41) is 0. The van der Waals surface area contributed by atoms with Crippen molar-refractivity contribution in [1.29, 1.82) is 0 Å². The fourth-order valence-electron chi connectivity index (χ4n) is 7.03. The summed E-state index contributed by atoms with van der Waals surface area (Å²) in [6, 6.07) is 36.7. The van der Waals surface area contributed by atoms with Crippen molar-refractivity contribution in [3.63, 3.8) is 0 Å². The molecule has 1 fully saturated rings. The van der Waals surface area contributed by atoms with Crippen molar-refractivity contribution in [2.75, 3.05) is 32.8 Å². The fourth-order valence-corrected chi connectivity index (χ4v) is 7.03. The van der Waals surface area contributed by atoms with Crippen LogP contribution in [0.1, 0.15) is 70.4 Å². The van der Waals surface area contributed by atoms with Gasteiger partial charge in [0.2, 0.25) is 5.91 Å². The molecule has 2 aliphatic heterocycles. The van der Waals surface area contributed by atoms with E-state index in [0.717, 1.165) is 29.8 Å². The van der Waals surface area contributed by atoms with Crippen LogP contribution in [-0.4, -0.2) is 65.3 Å². The average molecular weight is 642 g/mol. The zero-order chi connectivity index (χ0) is 33.6. The minimum Gasteiger partial charge on any atom is -0.463 e. The van der Waals surface area contributed by atoms with Gasteiger partial charge in [0, 0.05) is 49.8 Å². The first kappa shape index (κ1) is 32.9. The summed E-state index contributed by atoms with van der Waals surface area (Å²) in [5.41, 5.74) is 7.14. The van der Waals surface area contributed by atoms with E-state index in [1.54, 1.807) is 11.8 Å². The van der Waals surface area contributed by atoms with E-state index in [1.807, 2.05) is 79.4 Å². The quantitative estimate of drug-likeness (QED) is 0.186. The number of allylic oxidation sites excluding steroid dienone is 1. The molecule has 0 spiro atoms. The lowest BCUT2D eigenvalue weighted by molar-refractivity contribution is -0.140. The first-order valence-electron chi connectivity index (χ1n) is 16.8. The van der Waals surface area contributed by atoms with Gasteiger partial charge in [-0.15, -0.1) is 0 Å². The standard InChI is InChI=1S/C41H43N3O4/c1-4-48-41(47)38-30(3)44(37(45)27-36(38)35-17-11-12-29(2)26-35)28-31-18-20-34(21-19-31)40(46)43-24-22-42(23-25-43)39(32-13-7-5-8-14-32)33-15-9-6-10-16-33/h5-21,26,36,39H,4,22-25,27-28H2,1-3H3. The van der Waals surface area contributed by atoms with Gasteiger partial charge in [0.15, 0.2) is 0 Å². The van der Waals surface area contributed by atoms with E-state index in [4.69, 9.17) is 4.74 Å². The molecule has 1 saturated heterocycles. The van der Waals surface area contributed by atoms with Gasteiger partial charge < -0.3 is 14.5 Å². The number of amides is 2. The lowest BCUT2D eigenvalue weighted by atomic mass is 9.83. The highest BCUT2D eigenvalue weighted by Crippen LogP contribution is 2.38. The Kier molecular flexibility index (Phi) is 10.2. The third kappa shape index (κ3) is 7.11. The van der Waals surface area contributed by atoms with Crippen molar-refractivity contribution in [1.82, 2.24) is 14.7 Å². The molecule has 2 aliphatic rings. The molecular formula is C41H43N3O4. The Morgan fingerprint density at radius 1 is 0.792 bits per heavy atom. The third-order valence-corrected chi connectivity index (χ3v) is 9.50. The molecule has 4 aromatic rings. The topological polar surface area (TPSA) is 70.2 Å². The zero-order valence-electron chi connectivity index (χ0n) is 28.0. The zero-order valence-corrected chi connectivity index (χ0v) is 28.0. The first-order valence-corrected chi connectivity index (χ1v) is 16.8. The summed E-state index contributed by atoms with van der Waals surface area (Å²) in [4.78, 5) is 46.3. The number of aryl methyl sites for hydroxylation is 1. The molecule has 246 valence electrons. The summed E-state index contributed by atoms with van der Waals surface area (Å²) in [7, 11) is 0. The Bertz CT molecular complexity index is 1740. The van der Waals surface area contributed by atoms with E-state index in [1.165, 1.54) is 11.1 Å². The highest BCUT2D eigenvalue weighted by molar-refractivity contribution is 5.96. The number of rotatable bonds is 9. The lowest BCUT2D eigenvalue weighted by Gasteiger charge is -2.39. The van der Waals surface area contributed by atoms with Crippen LogP contribution in [0.4, 0.5) is 0 Å². The van der Waals surface area contributed by atoms with Crippen LogP contribution in [-0.2, 0) is 20.9 Å². The maximum atomic E-state index is 13.6. The Hall–Kier alpha value is -5.01. The van der Waals surface area contributed by atoms with Crippen molar-refractivity contribution < 1.29 is 19.1 Å². The Labute approximate surface area is 283 Å². The van der Waals surface area contributed by atoms with Crippen LogP contribution >= 0.6 is 0 Å². The molecule has 0 N–H and O–H groups in total. The molecule has 0 aliphatic carbocycles. The maximum Gasteiger partial charge on any atom is 0.336 e. The number of piperazine rings is 1. The number of carbonyl (C=O) groups excluding carboxylic acids is 3. The van der Waals surface area contributed by atoms with Crippen LogP contribution in [0.25, 0.3) is 0 Å². The second kappa shape index (κ2) is 14.8. The molecule has 2 heterocycles. The summed E-state index contributed by atoms with van der Waals surface area (Å²) >= 11 is 0. The van der Waals surface area contributed by atoms with Crippen molar-refractivity contribution in [2.45, 2.75) is 45.7 Å². The van der Waals surface area contributed by atoms with Crippen LogP contribution in [0.2, 0.25) is 0 Å². The number of carbonyl (C=O) groups is 3. The van der Waals surface area contributed by atoms with E-state index in [0.29, 0.717) is 36.5 Å². The van der Waals surface area contributed by atoms with Gasteiger partial charge in [0.1, 0.15) is 0 Å². The van der Waals surface area contributed by atoms with Gasteiger partial charge in [-0.05, 0) is 55.2 Å². The number of nitrogens with zero attached hydrogens (tertiary/aromatic N) is 3. The maximum absolute atomic E-state index is 13.6. The van der Waals surface area contributed by atoms with Crippen LogP contribution in [0, 0.1) is 6.92 Å². The molecule has 6 rings (SSSR count). The Balaban J connectivity index is 1.14. The molecule has 48 heavy (non-hydrogen) atoms. The van der Waals surface area contributed by atoms with Crippen LogP contribution < -0.4 is 0 Å². The highest BCUT2D eigenvalue weighted by atomic mass is 16.5. The molecule has 1 atom stereocenters. The summed E-state index contributed by atoms with van der Waals surface area (Å²) < 4.78 is 5.45.